The average molecular weight is 1190 g/mol. The standard InChI is InChI=1S/C61H118O17P2/c1-6-9-12-15-16-17-18-19-20-21-22-23-24-25-26-27-28-29-30-37-42-47-61(66)78-57(51-72-59(64)45-40-36-32-31-35-38-43-54(4)5)53-76-80(69,70)74-49-55(62)48-73-79(67,68)75-52-56(77-60(65)46-41-34-14-11-8-3)50-71-58(63)44-39-33-13-10-7-2/h54-57,62H,6-53H2,1-5H3,(H,67,68)(H,69,70)/t55-,56+,57+/m0/s1. The van der Waals surface area contributed by atoms with E-state index in [4.69, 9.17) is 37.0 Å². The second kappa shape index (κ2) is 55.0. The lowest BCUT2D eigenvalue weighted by Gasteiger charge is -2.21. The van der Waals surface area contributed by atoms with Gasteiger partial charge in [-0.25, -0.2) is 9.13 Å². The molecule has 0 rings (SSSR count). The van der Waals surface area contributed by atoms with Crippen molar-refractivity contribution < 1.29 is 80.2 Å². The van der Waals surface area contributed by atoms with Crippen LogP contribution < -0.4 is 0 Å². The fourth-order valence-electron chi connectivity index (χ4n) is 9.05. The molecule has 474 valence electrons. The molecule has 0 saturated carbocycles. The number of rotatable bonds is 61. The van der Waals surface area contributed by atoms with Crippen molar-refractivity contribution in [3.8, 4) is 0 Å². The summed E-state index contributed by atoms with van der Waals surface area (Å²) in [5, 5.41) is 10.5. The molecule has 0 aliphatic rings. The Kier molecular flexibility index (Phi) is 53.6. The van der Waals surface area contributed by atoms with Crippen LogP contribution in [0.2, 0.25) is 0 Å². The summed E-state index contributed by atoms with van der Waals surface area (Å²) in [4.78, 5) is 71.4. The number of aliphatic hydroxyl groups excluding tert-OH is 1. The summed E-state index contributed by atoms with van der Waals surface area (Å²) in [6, 6.07) is 0. The zero-order chi connectivity index (χ0) is 59.2. The molecule has 3 N–H and O–H groups in total. The summed E-state index contributed by atoms with van der Waals surface area (Å²) in [6.07, 6.45) is 38.8. The Hall–Kier alpha value is -1.94. The van der Waals surface area contributed by atoms with Gasteiger partial charge in [0.25, 0.3) is 0 Å². The van der Waals surface area contributed by atoms with E-state index in [9.17, 15) is 43.2 Å². The molecule has 17 nitrogen and oxygen atoms in total. The van der Waals surface area contributed by atoms with Crippen LogP contribution in [0.1, 0.15) is 304 Å². The monoisotopic (exact) mass is 1180 g/mol. The van der Waals surface area contributed by atoms with Crippen molar-refractivity contribution in [1.29, 1.82) is 0 Å². The van der Waals surface area contributed by atoms with Gasteiger partial charge in [0, 0.05) is 25.7 Å². The molecular weight excluding hydrogens is 1070 g/mol. The molecule has 80 heavy (non-hydrogen) atoms. The molecular formula is C61H118O17P2. The zero-order valence-electron chi connectivity index (χ0n) is 51.2. The molecule has 2 unspecified atom stereocenters. The Morgan fingerprint density at radius 3 is 0.850 bits per heavy atom. The summed E-state index contributed by atoms with van der Waals surface area (Å²) < 4.78 is 67.4. The highest BCUT2D eigenvalue weighted by Crippen LogP contribution is 2.45. The van der Waals surface area contributed by atoms with Crippen LogP contribution in [-0.4, -0.2) is 96.7 Å². The molecule has 0 fully saturated rings. The Bertz CT molecular complexity index is 1570. The van der Waals surface area contributed by atoms with Crippen LogP contribution in [0.4, 0.5) is 0 Å². The van der Waals surface area contributed by atoms with Gasteiger partial charge < -0.3 is 33.8 Å². The van der Waals surface area contributed by atoms with E-state index >= 15 is 0 Å². The highest BCUT2D eigenvalue weighted by atomic mass is 31.2. The van der Waals surface area contributed by atoms with Gasteiger partial charge in [0.15, 0.2) is 12.2 Å². The van der Waals surface area contributed by atoms with Crippen molar-refractivity contribution in [2.24, 2.45) is 5.92 Å². The Balaban J connectivity index is 4.99. The first-order chi connectivity index (χ1) is 38.5. The van der Waals surface area contributed by atoms with Gasteiger partial charge in [0.1, 0.15) is 19.3 Å². The fourth-order valence-corrected chi connectivity index (χ4v) is 10.6. The number of hydrogen-bond acceptors (Lipinski definition) is 15. The van der Waals surface area contributed by atoms with Crippen molar-refractivity contribution in [2.45, 2.75) is 323 Å². The number of unbranched alkanes of at least 4 members (excludes halogenated alkanes) is 33. The van der Waals surface area contributed by atoms with E-state index in [1.807, 2.05) is 0 Å². The minimum absolute atomic E-state index is 0.0987. The first-order valence-electron chi connectivity index (χ1n) is 32.1. The molecule has 0 aliphatic carbocycles. The predicted octanol–water partition coefficient (Wildman–Crippen LogP) is 16.6. The molecule has 0 saturated heterocycles. The highest BCUT2D eigenvalue weighted by molar-refractivity contribution is 7.47. The second-order valence-electron chi connectivity index (χ2n) is 22.6. The average Bonchev–Trinajstić information content (AvgIpc) is 3.42. The SMILES string of the molecule is CCCCCCCCCCCCCCCCCCCCCCCC(=O)O[C@H](COC(=O)CCCCCCCCC(C)C)COP(=O)(O)OC[C@@H](O)COP(=O)(O)OC[C@@H](COC(=O)CCCCCCC)OC(=O)CCCCCCC. The fraction of sp³-hybridized carbons (Fsp3) is 0.934. The van der Waals surface area contributed by atoms with E-state index in [1.54, 1.807) is 0 Å². The number of carbonyl (C=O) groups excluding carboxylic acids is 4. The predicted molar refractivity (Wildman–Crippen MR) is 317 cm³/mol. The van der Waals surface area contributed by atoms with Crippen LogP contribution >= 0.6 is 15.6 Å². The van der Waals surface area contributed by atoms with E-state index in [0.717, 1.165) is 103 Å². The zero-order valence-corrected chi connectivity index (χ0v) is 53.0. The summed E-state index contributed by atoms with van der Waals surface area (Å²) in [5.41, 5.74) is 0. The molecule has 0 aromatic rings. The number of aliphatic hydroxyl groups is 1. The molecule has 0 amide bonds. The number of ether oxygens (including phenoxy) is 4. The third kappa shape index (κ3) is 55.3. The van der Waals surface area contributed by atoms with Gasteiger partial charge >= 0.3 is 39.5 Å². The largest absolute Gasteiger partial charge is 0.472 e. The van der Waals surface area contributed by atoms with E-state index in [2.05, 4.69) is 34.6 Å². The summed E-state index contributed by atoms with van der Waals surface area (Å²) >= 11 is 0. The third-order valence-electron chi connectivity index (χ3n) is 14.0. The second-order valence-corrected chi connectivity index (χ2v) is 25.5. The maximum atomic E-state index is 12.9. The van der Waals surface area contributed by atoms with Gasteiger partial charge in [-0.1, -0.05) is 253 Å². The third-order valence-corrected chi connectivity index (χ3v) is 15.9. The Labute approximate surface area is 486 Å². The van der Waals surface area contributed by atoms with Crippen LogP contribution in [0.3, 0.4) is 0 Å². The number of phosphoric acid groups is 2. The van der Waals surface area contributed by atoms with E-state index in [-0.39, 0.29) is 25.7 Å². The maximum Gasteiger partial charge on any atom is 0.472 e. The lowest BCUT2D eigenvalue weighted by atomic mass is 10.0. The number of esters is 4. The highest BCUT2D eigenvalue weighted by Gasteiger charge is 2.30. The molecule has 0 spiro atoms. The van der Waals surface area contributed by atoms with E-state index < -0.39 is 97.5 Å². The quantitative estimate of drug-likeness (QED) is 0.0222. The molecule has 0 aliphatic heterocycles. The van der Waals surface area contributed by atoms with Crippen LogP contribution in [-0.2, 0) is 65.4 Å². The molecule has 0 aromatic heterocycles. The number of carbonyl (C=O) groups is 4. The molecule has 5 atom stereocenters. The van der Waals surface area contributed by atoms with Crippen molar-refractivity contribution >= 4 is 39.5 Å². The Morgan fingerprint density at radius 2 is 0.575 bits per heavy atom. The minimum atomic E-state index is -4.94. The normalized spacial score (nSPS) is 14.3. The summed E-state index contributed by atoms with van der Waals surface area (Å²) in [6.45, 7) is 6.90. The maximum absolute atomic E-state index is 12.9. The number of phosphoric ester groups is 2. The van der Waals surface area contributed by atoms with Crippen LogP contribution in [0.5, 0.6) is 0 Å². The van der Waals surface area contributed by atoms with Crippen LogP contribution in [0.15, 0.2) is 0 Å². The van der Waals surface area contributed by atoms with E-state index in [0.29, 0.717) is 31.6 Å². The summed E-state index contributed by atoms with van der Waals surface area (Å²) in [5.74, 6) is -1.48. The van der Waals surface area contributed by atoms with Crippen molar-refractivity contribution in [1.82, 2.24) is 0 Å². The number of hydrogen-bond donors (Lipinski definition) is 3. The van der Waals surface area contributed by atoms with Gasteiger partial charge in [-0.05, 0) is 31.6 Å². The minimum Gasteiger partial charge on any atom is -0.462 e. The molecule has 19 heteroatoms. The lowest BCUT2D eigenvalue weighted by Crippen LogP contribution is -2.30. The first-order valence-corrected chi connectivity index (χ1v) is 35.1. The van der Waals surface area contributed by atoms with Crippen LogP contribution in [0.25, 0.3) is 0 Å². The molecule has 0 bridgehead atoms. The smallest absolute Gasteiger partial charge is 0.462 e. The molecule has 0 aromatic carbocycles. The van der Waals surface area contributed by atoms with Gasteiger partial charge in [0.2, 0.25) is 0 Å². The van der Waals surface area contributed by atoms with Gasteiger partial charge in [-0.15, -0.1) is 0 Å². The van der Waals surface area contributed by atoms with Gasteiger partial charge in [-0.3, -0.25) is 37.3 Å². The van der Waals surface area contributed by atoms with Gasteiger partial charge in [0.05, 0.1) is 26.4 Å². The van der Waals surface area contributed by atoms with E-state index in [1.165, 1.54) is 116 Å². The van der Waals surface area contributed by atoms with Crippen molar-refractivity contribution in [2.75, 3.05) is 39.6 Å². The van der Waals surface area contributed by atoms with Crippen molar-refractivity contribution in [3.63, 3.8) is 0 Å². The molecule has 0 heterocycles. The van der Waals surface area contributed by atoms with Gasteiger partial charge in [-0.2, -0.15) is 0 Å². The van der Waals surface area contributed by atoms with Crippen LogP contribution in [0, 0.1) is 5.92 Å². The summed E-state index contributed by atoms with van der Waals surface area (Å²) in [7, 11) is -9.86. The lowest BCUT2D eigenvalue weighted by molar-refractivity contribution is -0.161. The topological polar surface area (TPSA) is 237 Å². The van der Waals surface area contributed by atoms with Crippen molar-refractivity contribution in [3.05, 3.63) is 0 Å². The molecule has 0 radical (unpaired) electrons. The first kappa shape index (κ1) is 78.1. The Morgan fingerprint density at radius 1 is 0.338 bits per heavy atom.